The van der Waals surface area contributed by atoms with Crippen molar-refractivity contribution in [2.45, 2.75) is 38.5 Å². The van der Waals surface area contributed by atoms with Gasteiger partial charge in [-0.05, 0) is 85.6 Å². The van der Waals surface area contributed by atoms with Crippen LogP contribution < -0.4 is 0 Å². The van der Waals surface area contributed by atoms with E-state index in [1.165, 1.54) is 57.5 Å². The Balaban J connectivity index is 1.09. The molecule has 0 bridgehead atoms. The average Bonchev–Trinajstić information content (AvgIpc) is 3.30. The summed E-state index contributed by atoms with van der Waals surface area (Å²) in [5.74, 6) is 3.15. The van der Waals surface area contributed by atoms with Gasteiger partial charge in [-0.15, -0.1) is 0 Å². The highest BCUT2D eigenvalue weighted by atomic mass is 19.1. The normalized spacial score (nSPS) is 27.4. The van der Waals surface area contributed by atoms with E-state index < -0.39 is 0 Å². The lowest BCUT2D eigenvalue weighted by Crippen LogP contribution is -2.31. The van der Waals surface area contributed by atoms with Crippen LogP contribution >= 0.6 is 0 Å². The van der Waals surface area contributed by atoms with E-state index in [0.717, 1.165) is 60.3 Å². The van der Waals surface area contributed by atoms with Gasteiger partial charge in [0.25, 0.3) is 0 Å². The Morgan fingerprint density at radius 2 is 1.53 bits per heavy atom. The lowest BCUT2D eigenvalue weighted by atomic mass is 9.98. The van der Waals surface area contributed by atoms with Crippen LogP contribution in [0.25, 0.3) is 0 Å². The number of fused-ring (bicyclic) bond motifs is 1. The lowest BCUT2D eigenvalue weighted by molar-refractivity contribution is 0.0544. The highest BCUT2D eigenvalue weighted by Crippen LogP contribution is 2.43. The number of nitrogens with zero attached hydrogens (tertiary/aromatic N) is 3. The highest BCUT2D eigenvalue weighted by Gasteiger charge is 2.41. The third-order valence-corrected chi connectivity index (χ3v) is 7.35. The van der Waals surface area contributed by atoms with Crippen molar-refractivity contribution in [1.82, 2.24) is 15.1 Å². The van der Waals surface area contributed by atoms with Crippen LogP contribution in [0.4, 0.5) is 4.39 Å². The number of ether oxygens (including phenoxy) is 1. The molecule has 2 aliphatic heterocycles. The third kappa shape index (κ3) is 4.89. The van der Waals surface area contributed by atoms with E-state index >= 15 is 0 Å². The lowest BCUT2D eigenvalue weighted by Gasteiger charge is -2.27. The van der Waals surface area contributed by atoms with Crippen molar-refractivity contribution in [1.29, 1.82) is 0 Å². The Morgan fingerprint density at radius 1 is 0.867 bits per heavy atom. The van der Waals surface area contributed by atoms with Crippen LogP contribution in [-0.2, 0) is 17.6 Å². The molecule has 1 aromatic heterocycles. The van der Waals surface area contributed by atoms with Crippen LogP contribution in [0.3, 0.4) is 0 Å². The molecule has 1 aromatic carbocycles. The van der Waals surface area contributed by atoms with Crippen molar-refractivity contribution in [2.75, 3.05) is 32.8 Å². The summed E-state index contributed by atoms with van der Waals surface area (Å²) < 4.78 is 18.6. The van der Waals surface area contributed by atoms with E-state index in [2.05, 4.69) is 27.2 Å². The van der Waals surface area contributed by atoms with E-state index in [0.29, 0.717) is 6.42 Å². The average molecular weight is 410 g/mol. The molecule has 3 heterocycles. The smallest absolute Gasteiger partial charge is 0.123 e. The maximum absolute atomic E-state index is 13.0. The molecule has 0 N–H and O–H groups in total. The molecule has 1 saturated carbocycles. The van der Waals surface area contributed by atoms with Gasteiger partial charge in [0.15, 0.2) is 0 Å². The van der Waals surface area contributed by atoms with Crippen LogP contribution in [-0.4, -0.2) is 47.9 Å². The number of hydrogen-bond donors (Lipinski definition) is 0. The van der Waals surface area contributed by atoms with Gasteiger partial charge in [0.2, 0.25) is 0 Å². The first-order valence-corrected chi connectivity index (χ1v) is 11.6. The summed E-state index contributed by atoms with van der Waals surface area (Å²) in [6.07, 6.45) is 6.91. The van der Waals surface area contributed by atoms with Crippen LogP contribution in [0.1, 0.15) is 42.6 Å². The fourth-order valence-electron chi connectivity index (χ4n) is 5.83. The first-order chi connectivity index (χ1) is 14.7. The molecule has 4 nitrogen and oxygen atoms in total. The Hall–Kier alpha value is -1.85. The van der Waals surface area contributed by atoms with Crippen LogP contribution in [0.5, 0.6) is 0 Å². The molecule has 3 aliphatic rings. The third-order valence-electron chi connectivity index (χ3n) is 7.35. The number of benzene rings is 1. The molecule has 3 atom stereocenters. The van der Waals surface area contributed by atoms with Crippen molar-refractivity contribution >= 4 is 0 Å². The number of hydrogen-bond acceptors (Lipinski definition) is 4. The summed E-state index contributed by atoms with van der Waals surface area (Å²) in [5, 5.41) is 8.92. The number of likely N-dealkylation sites (tertiary alicyclic amines) is 1. The fraction of sp³-hybridized carbons (Fsp3) is 0.600. The summed E-state index contributed by atoms with van der Waals surface area (Å²) in [7, 11) is 0. The number of rotatable bonds is 6. The summed E-state index contributed by atoms with van der Waals surface area (Å²) in [4.78, 5) is 2.73. The van der Waals surface area contributed by atoms with Gasteiger partial charge in [0.05, 0.1) is 11.4 Å². The molecule has 5 rings (SSSR count). The molecule has 0 spiro atoms. The van der Waals surface area contributed by atoms with Gasteiger partial charge in [-0.2, -0.15) is 10.2 Å². The van der Waals surface area contributed by atoms with Gasteiger partial charge in [-0.1, -0.05) is 12.1 Å². The maximum atomic E-state index is 13.0. The van der Waals surface area contributed by atoms with Gasteiger partial charge in [-0.25, -0.2) is 4.39 Å². The minimum atomic E-state index is -0.201. The fourth-order valence-corrected chi connectivity index (χ4v) is 5.83. The van der Waals surface area contributed by atoms with Crippen LogP contribution in [0.15, 0.2) is 36.4 Å². The van der Waals surface area contributed by atoms with Crippen molar-refractivity contribution < 1.29 is 9.13 Å². The highest BCUT2D eigenvalue weighted by molar-refractivity contribution is 5.22. The first kappa shape index (κ1) is 20.1. The SMILES string of the molecule is Fc1ccc(Cc2ccc(CC3C[C@@H]4CN(CC5CCOCC5)C[C@@H]4C3)nn2)cc1. The maximum Gasteiger partial charge on any atom is 0.123 e. The van der Waals surface area contributed by atoms with E-state index in [-0.39, 0.29) is 5.82 Å². The quantitative estimate of drug-likeness (QED) is 0.719. The van der Waals surface area contributed by atoms with E-state index in [1.54, 1.807) is 0 Å². The Kier molecular flexibility index (Phi) is 6.09. The van der Waals surface area contributed by atoms with Gasteiger partial charge in [-0.3, -0.25) is 0 Å². The van der Waals surface area contributed by atoms with Crippen molar-refractivity contribution in [3.8, 4) is 0 Å². The Morgan fingerprint density at radius 3 is 2.20 bits per heavy atom. The molecular formula is C25H32FN3O. The largest absolute Gasteiger partial charge is 0.381 e. The first-order valence-electron chi connectivity index (χ1n) is 11.6. The Labute approximate surface area is 178 Å². The summed E-state index contributed by atoms with van der Waals surface area (Å²) in [6, 6.07) is 10.8. The van der Waals surface area contributed by atoms with Crippen molar-refractivity contribution in [3.63, 3.8) is 0 Å². The van der Waals surface area contributed by atoms with Gasteiger partial charge < -0.3 is 9.64 Å². The molecule has 5 heteroatoms. The van der Waals surface area contributed by atoms with Gasteiger partial charge in [0.1, 0.15) is 5.82 Å². The van der Waals surface area contributed by atoms with E-state index in [9.17, 15) is 4.39 Å². The summed E-state index contributed by atoms with van der Waals surface area (Å²) in [6.45, 7) is 5.78. The van der Waals surface area contributed by atoms with E-state index in [1.807, 2.05) is 12.1 Å². The van der Waals surface area contributed by atoms with Crippen LogP contribution in [0, 0.1) is 29.5 Å². The minimum absolute atomic E-state index is 0.201. The molecule has 160 valence electrons. The second-order valence-electron chi connectivity index (χ2n) is 9.66. The zero-order chi connectivity index (χ0) is 20.3. The Bertz CT molecular complexity index is 805. The second kappa shape index (κ2) is 9.11. The zero-order valence-corrected chi connectivity index (χ0v) is 17.7. The molecule has 0 radical (unpaired) electrons. The minimum Gasteiger partial charge on any atom is -0.381 e. The second-order valence-corrected chi connectivity index (χ2v) is 9.66. The summed E-state index contributed by atoms with van der Waals surface area (Å²) >= 11 is 0. The van der Waals surface area contributed by atoms with E-state index in [4.69, 9.17) is 4.74 Å². The molecule has 3 fully saturated rings. The molecule has 1 unspecified atom stereocenters. The topological polar surface area (TPSA) is 38.2 Å². The molecule has 0 amide bonds. The molecular weight excluding hydrogens is 377 g/mol. The predicted octanol–water partition coefficient (Wildman–Crippen LogP) is 4.13. The molecule has 2 aromatic rings. The number of halogens is 1. The van der Waals surface area contributed by atoms with Crippen molar-refractivity contribution in [2.24, 2.45) is 23.7 Å². The van der Waals surface area contributed by atoms with Gasteiger partial charge >= 0.3 is 0 Å². The molecule has 2 saturated heterocycles. The van der Waals surface area contributed by atoms with Crippen LogP contribution in [0.2, 0.25) is 0 Å². The zero-order valence-electron chi connectivity index (χ0n) is 17.7. The van der Waals surface area contributed by atoms with Crippen molar-refractivity contribution in [3.05, 3.63) is 59.2 Å². The molecule has 30 heavy (non-hydrogen) atoms. The standard InChI is InChI=1S/C25H32FN3O/c26-23-3-1-18(2-4-23)13-24-5-6-25(28-27-24)14-20-11-21-16-29(17-22(21)12-20)15-19-7-9-30-10-8-19/h1-6,19-22H,7-17H2/t20?,21-,22+. The number of aromatic nitrogens is 2. The van der Waals surface area contributed by atoms with Gasteiger partial charge in [0, 0.05) is 39.3 Å². The molecule has 1 aliphatic carbocycles. The monoisotopic (exact) mass is 409 g/mol. The summed E-state index contributed by atoms with van der Waals surface area (Å²) in [5.41, 5.74) is 3.12. The predicted molar refractivity (Wildman–Crippen MR) is 115 cm³/mol.